The molecule has 0 radical (unpaired) electrons. The van der Waals surface area contributed by atoms with Crippen LogP contribution in [0.1, 0.15) is 26.2 Å². The Morgan fingerprint density at radius 1 is 1.12 bits per heavy atom. The van der Waals surface area contributed by atoms with E-state index in [0.717, 1.165) is 70.8 Å². The minimum Gasteiger partial charge on any atom is -0.820 e. The van der Waals surface area contributed by atoms with Gasteiger partial charge in [-0.1, -0.05) is 19.8 Å². The van der Waals surface area contributed by atoms with Gasteiger partial charge in [-0.2, -0.15) is 8.60 Å². The van der Waals surface area contributed by atoms with Crippen LogP contribution in [0.3, 0.4) is 0 Å². The van der Waals surface area contributed by atoms with Crippen molar-refractivity contribution in [3.05, 3.63) is 25.3 Å². The standard InChI is InChI=1S/C5H11O3P.2C3H5.2Cd/c1-2-3-4-5-8-9(6)7;2*1-3-2;;/h2-5H2,1H3;2*3H,1-2H2;;/q-2;;;2*+1. The van der Waals surface area contributed by atoms with Crippen LogP contribution in [0.15, 0.2) is 25.3 Å². The maximum atomic E-state index is 9.78. The second-order valence-electron chi connectivity index (χ2n) is 2.92. The third-order valence-corrected chi connectivity index (χ3v) is 4.08. The van der Waals surface area contributed by atoms with Crippen LogP contribution in [0, 0.1) is 0 Å². The van der Waals surface area contributed by atoms with E-state index in [9.17, 15) is 9.79 Å². The van der Waals surface area contributed by atoms with Crippen LogP contribution in [0.25, 0.3) is 0 Å². The molecule has 0 aromatic rings. The van der Waals surface area contributed by atoms with Crippen molar-refractivity contribution in [3.8, 4) is 0 Å². The molecule has 0 unspecified atom stereocenters. The molecule has 92 valence electrons. The fourth-order valence-corrected chi connectivity index (χ4v) is 0.769. The fourth-order valence-electron chi connectivity index (χ4n) is 0.491. The second kappa shape index (κ2) is 26.2. The van der Waals surface area contributed by atoms with E-state index in [4.69, 9.17) is 0 Å². The fraction of sp³-hybridized carbons (Fsp3) is 0.636. The molecule has 0 aliphatic heterocycles. The van der Waals surface area contributed by atoms with Crippen LogP contribution in [-0.4, -0.2) is 6.61 Å². The summed E-state index contributed by atoms with van der Waals surface area (Å²) in [5.74, 6) is 0. The summed E-state index contributed by atoms with van der Waals surface area (Å²) in [6, 6.07) is 0. The Morgan fingerprint density at radius 3 is 1.76 bits per heavy atom. The molecule has 0 amide bonds. The summed E-state index contributed by atoms with van der Waals surface area (Å²) in [6.45, 7) is 9.44. The zero-order valence-electron chi connectivity index (χ0n) is 10.9. The van der Waals surface area contributed by atoms with E-state index in [2.05, 4.69) is 24.6 Å². The van der Waals surface area contributed by atoms with Crippen molar-refractivity contribution < 1.29 is 65.8 Å². The first-order valence-corrected chi connectivity index (χ1v) is 12.5. The first-order chi connectivity index (χ1) is 8.10. The Hall–Kier alpha value is 1.63. The molecule has 3 nitrogen and oxygen atoms in total. The van der Waals surface area contributed by atoms with Gasteiger partial charge in [-0.05, 0) is 6.42 Å². The average molecular weight is 457 g/mol. The summed E-state index contributed by atoms with van der Waals surface area (Å²) in [6.07, 6.45) is 6.85. The van der Waals surface area contributed by atoms with Crippen molar-refractivity contribution in [2.75, 3.05) is 6.61 Å². The van der Waals surface area contributed by atoms with E-state index in [1.54, 1.807) is 0 Å². The predicted molar refractivity (Wildman–Crippen MR) is 62.4 cm³/mol. The molecule has 0 aliphatic rings. The number of allylic oxidation sites excluding steroid dienone is 2. The molecule has 0 aliphatic carbocycles. The van der Waals surface area contributed by atoms with Gasteiger partial charge < -0.3 is 14.3 Å². The van der Waals surface area contributed by atoms with Gasteiger partial charge in [-0.15, -0.1) is 0 Å². The summed E-state index contributed by atoms with van der Waals surface area (Å²) < 4.78 is 6.80. The Balaban J connectivity index is -0.000000205. The van der Waals surface area contributed by atoms with Crippen molar-refractivity contribution in [1.29, 1.82) is 0 Å². The average Bonchev–Trinajstić information content (AvgIpc) is 2.35. The smallest absolute Gasteiger partial charge is 0.0476 e. The van der Waals surface area contributed by atoms with Gasteiger partial charge in [0.2, 0.25) is 0 Å². The van der Waals surface area contributed by atoms with Crippen LogP contribution in [-0.2, 0) is 56.1 Å². The molecule has 6 heteroatoms. The number of hydrogen-bond acceptors (Lipinski definition) is 3. The van der Waals surface area contributed by atoms with Gasteiger partial charge in [0.1, 0.15) is 0 Å². The summed E-state index contributed by atoms with van der Waals surface area (Å²) in [5, 5.41) is 0. The second-order valence-corrected chi connectivity index (χ2v) is 6.92. The van der Waals surface area contributed by atoms with Gasteiger partial charge in [0.25, 0.3) is 0 Å². The minimum atomic E-state index is -2.62. The molecule has 0 aromatic carbocycles. The topological polar surface area (TPSA) is 55.3 Å². The quantitative estimate of drug-likeness (QED) is 0.256. The van der Waals surface area contributed by atoms with Crippen LogP contribution in [0.4, 0.5) is 0 Å². The Labute approximate surface area is 139 Å². The normalized spacial score (nSPS) is 8.71. The molecule has 0 bridgehead atoms. The Morgan fingerprint density at radius 2 is 1.53 bits per heavy atom. The Bertz CT molecular complexity index is 139. The van der Waals surface area contributed by atoms with Gasteiger partial charge in [-0.25, -0.2) is 0 Å². The molecule has 0 heterocycles. The van der Waals surface area contributed by atoms with E-state index in [-0.39, 0.29) is 0 Å². The van der Waals surface area contributed by atoms with Crippen molar-refractivity contribution in [3.63, 3.8) is 0 Å². The van der Waals surface area contributed by atoms with Gasteiger partial charge >= 0.3 is 84.8 Å². The molecular formula is C11H21Cd2O3P. The molecule has 17 heavy (non-hydrogen) atoms. The van der Waals surface area contributed by atoms with Gasteiger partial charge in [0.15, 0.2) is 0 Å². The van der Waals surface area contributed by atoms with Crippen LogP contribution >= 0.6 is 8.60 Å². The molecule has 0 aromatic heterocycles. The Kier molecular flexibility index (Phi) is 36.6. The maximum Gasteiger partial charge on any atom is 0.0476 e. The first kappa shape index (κ1) is 23.7. The third kappa shape index (κ3) is 46.4. The number of hydrogen-bond donors (Lipinski definition) is 0. The van der Waals surface area contributed by atoms with E-state index in [1.165, 1.54) is 7.96 Å². The van der Waals surface area contributed by atoms with Crippen molar-refractivity contribution in [2.24, 2.45) is 0 Å². The molecule has 0 saturated carbocycles. The van der Waals surface area contributed by atoms with E-state index < -0.39 is 8.60 Å². The largest absolute Gasteiger partial charge is 0.820 e. The van der Waals surface area contributed by atoms with Crippen LogP contribution < -0.4 is 9.79 Å². The summed E-state index contributed by atoms with van der Waals surface area (Å²) in [5.41, 5.74) is 0. The molecule has 0 atom stereocenters. The van der Waals surface area contributed by atoms with Crippen molar-refractivity contribution in [2.45, 2.75) is 34.1 Å². The van der Waals surface area contributed by atoms with Crippen LogP contribution in [0.2, 0.25) is 7.96 Å². The van der Waals surface area contributed by atoms with E-state index in [0.29, 0.717) is 6.61 Å². The maximum absolute atomic E-state index is 9.78. The third-order valence-electron chi connectivity index (χ3n) is 1.35. The van der Waals surface area contributed by atoms with Crippen molar-refractivity contribution in [1.82, 2.24) is 0 Å². The minimum absolute atomic E-state index is 0.340. The number of unbranched alkanes of at least 4 members (excludes halogenated alkanes) is 2. The molecule has 0 N–H and O–H groups in total. The first-order valence-electron chi connectivity index (χ1n) is 5.68. The predicted octanol–water partition coefficient (Wildman–Crippen LogP) is 2.42. The summed E-state index contributed by atoms with van der Waals surface area (Å²) in [4.78, 5) is 19.6. The monoisotopic (exact) mass is 460 g/mol. The van der Waals surface area contributed by atoms with Gasteiger partial charge in [-0.3, -0.25) is 0 Å². The van der Waals surface area contributed by atoms with Gasteiger partial charge in [0.05, 0.1) is 0 Å². The SMILES string of the molecule is C=C[CH2][Cd+].C=C[CH2][Cd+].CCCCCOP([O-])[O-]. The summed E-state index contributed by atoms with van der Waals surface area (Å²) in [7, 11) is -2.62. The van der Waals surface area contributed by atoms with Crippen molar-refractivity contribution >= 4 is 8.60 Å². The number of rotatable bonds is 7. The van der Waals surface area contributed by atoms with E-state index in [1.807, 2.05) is 12.2 Å². The van der Waals surface area contributed by atoms with Crippen LogP contribution in [0.5, 0.6) is 0 Å². The molecular weight excluding hydrogens is 436 g/mol. The zero-order chi connectivity index (χ0) is 13.9. The molecule has 0 fully saturated rings. The van der Waals surface area contributed by atoms with E-state index >= 15 is 0 Å². The molecule has 0 rings (SSSR count). The molecule has 0 spiro atoms. The van der Waals surface area contributed by atoms with Gasteiger partial charge in [0, 0.05) is 6.61 Å². The zero-order valence-corrected chi connectivity index (χ0v) is 19.9. The summed E-state index contributed by atoms with van der Waals surface area (Å²) >= 11 is 2.19. The molecule has 0 saturated heterocycles.